The minimum absolute atomic E-state index is 0.0512. The van der Waals surface area contributed by atoms with E-state index >= 15 is 0 Å². The molecule has 1 aliphatic heterocycles. The molecule has 1 aliphatic rings. The van der Waals surface area contributed by atoms with Crippen molar-refractivity contribution in [3.63, 3.8) is 0 Å². The first-order chi connectivity index (χ1) is 11.0. The van der Waals surface area contributed by atoms with Crippen LogP contribution in [0.3, 0.4) is 0 Å². The van der Waals surface area contributed by atoms with Gasteiger partial charge in [-0.15, -0.1) is 0 Å². The topological polar surface area (TPSA) is 73.1 Å². The van der Waals surface area contributed by atoms with Crippen molar-refractivity contribution >= 4 is 5.91 Å². The van der Waals surface area contributed by atoms with E-state index < -0.39 is 0 Å². The van der Waals surface area contributed by atoms with Crippen LogP contribution in [0.4, 0.5) is 0 Å². The highest BCUT2D eigenvalue weighted by molar-refractivity contribution is 5.76. The molecule has 2 aromatic rings. The van der Waals surface area contributed by atoms with Crippen molar-refractivity contribution in [2.45, 2.75) is 33.4 Å². The van der Waals surface area contributed by atoms with Crippen molar-refractivity contribution in [1.29, 1.82) is 0 Å². The second-order valence-corrected chi connectivity index (χ2v) is 5.81. The molecular formula is C16H21N5O2. The van der Waals surface area contributed by atoms with Crippen LogP contribution in [0.5, 0.6) is 0 Å². The first kappa shape index (κ1) is 15.6. The summed E-state index contributed by atoms with van der Waals surface area (Å²) in [5.41, 5.74) is 2.74. The molecule has 0 aliphatic carbocycles. The molecule has 0 spiro atoms. The van der Waals surface area contributed by atoms with Gasteiger partial charge in [0.2, 0.25) is 5.91 Å². The summed E-state index contributed by atoms with van der Waals surface area (Å²) in [5, 5.41) is 4.35. The summed E-state index contributed by atoms with van der Waals surface area (Å²) in [5.74, 6) is 0.757. The van der Waals surface area contributed by atoms with E-state index in [0.717, 1.165) is 17.1 Å². The van der Waals surface area contributed by atoms with Gasteiger partial charge in [0.1, 0.15) is 18.5 Å². The van der Waals surface area contributed by atoms with Crippen molar-refractivity contribution in [2.75, 3.05) is 19.7 Å². The maximum atomic E-state index is 12.5. The molecule has 0 saturated carbocycles. The van der Waals surface area contributed by atoms with Crippen LogP contribution in [0.1, 0.15) is 29.0 Å². The first-order valence-electron chi connectivity index (χ1n) is 7.73. The second kappa shape index (κ2) is 6.45. The van der Waals surface area contributed by atoms with Gasteiger partial charge in [-0.2, -0.15) is 5.10 Å². The Bertz CT molecular complexity index is 712. The van der Waals surface area contributed by atoms with E-state index in [1.807, 2.05) is 37.8 Å². The molecule has 1 atom stereocenters. The first-order valence-corrected chi connectivity index (χ1v) is 7.73. The third kappa shape index (κ3) is 3.56. The van der Waals surface area contributed by atoms with Gasteiger partial charge >= 0.3 is 0 Å². The van der Waals surface area contributed by atoms with E-state index in [2.05, 4.69) is 15.1 Å². The van der Waals surface area contributed by atoms with Crippen molar-refractivity contribution in [1.82, 2.24) is 24.6 Å². The Labute approximate surface area is 135 Å². The Morgan fingerprint density at radius 1 is 1.39 bits per heavy atom. The standard InChI is InChI=1S/C16H21N5O2/c1-11-8-12(2)21(19-11)10-16(22)20-6-7-23-15(9-20)14-4-5-17-13(3)18-14/h4-5,8,15H,6-7,9-10H2,1-3H3/t15-/m1/s1. The molecule has 0 bridgehead atoms. The maximum absolute atomic E-state index is 12.5. The number of aryl methyl sites for hydroxylation is 3. The number of ether oxygens (including phenoxy) is 1. The fourth-order valence-electron chi connectivity index (χ4n) is 2.77. The summed E-state index contributed by atoms with van der Waals surface area (Å²) in [6.07, 6.45) is 1.52. The number of nitrogens with zero attached hydrogens (tertiary/aromatic N) is 5. The highest BCUT2D eigenvalue weighted by Crippen LogP contribution is 2.20. The molecule has 23 heavy (non-hydrogen) atoms. The SMILES string of the molecule is Cc1cc(C)n(CC(=O)N2CCO[C@@H](c3ccnc(C)n3)C2)n1. The van der Waals surface area contributed by atoms with Crippen LogP contribution in [0.2, 0.25) is 0 Å². The fraction of sp³-hybridized carbons (Fsp3) is 0.500. The summed E-state index contributed by atoms with van der Waals surface area (Å²) < 4.78 is 7.52. The number of hydrogen-bond acceptors (Lipinski definition) is 5. The zero-order chi connectivity index (χ0) is 16.4. The van der Waals surface area contributed by atoms with Crippen LogP contribution in [-0.2, 0) is 16.1 Å². The zero-order valence-electron chi connectivity index (χ0n) is 13.7. The molecule has 1 amide bonds. The molecule has 3 heterocycles. The van der Waals surface area contributed by atoms with Crippen molar-refractivity contribution < 1.29 is 9.53 Å². The van der Waals surface area contributed by atoms with Crippen LogP contribution in [0.25, 0.3) is 0 Å². The second-order valence-electron chi connectivity index (χ2n) is 5.81. The molecule has 7 heteroatoms. The molecule has 1 fully saturated rings. The van der Waals surface area contributed by atoms with Gasteiger partial charge in [-0.1, -0.05) is 0 Å². The Morgan fingerprint density at radius 3 is 2.91 bits per heavy atom. The molecule has 3 rings (SSSR count). The van der Waals surface area contributed by atoms with Crippen LogP contribution >= 0.6 is 0 Å². The summed E-state index contributed by atoms with van der Waals surface area (Å²) in [6.45, 7) is 7.60. The number of aromatic nitrogens is 4. The largest absolute Gasteiger partial charge is 0.368 e. The lowest BCUT2D eigenvalue weighted by Gasteiger charge is -2.32. The van der Waals surface area contributed by atoms with Gasteiger partial charge in [-0.05, 0) is 32.9 Å². The predicted octanol–water partition coefficient (Wildman–Crippen LogP) is 1.20. The fourth-order valence-corrected chi connectivity index (χ4v) is 2.77. The zero-order valence-corrected chi connectivity index (χ0v) is 13.7. The van der Waals surface area contributed by atoms with Gasteiger partial charge in [0.05, 0.1) is 24.5 Å². The van der Waals surface area contributed by atoms with Crippen molar-refractivity contribution in [3.05, 3.63) is 41.2 Å². The minimum Gasteiger partial charge on any atom is -0.368 e. The molecular weight excluding hydrogens is 294 g/mol. The van der Waals surface area contributed by atoms with E-state index in [1.54, 1.807) is 10.9 Å². The normalized spacial score (nSPS) is 18.2. The average molecular weight is 315 g/mol. The molecule has 122 valence electrons. The Kier molecular flexibility index (Phi) is 4.38. The molecule has 1 saturated heterocycles. The molecule has 2 aromatic heterocycles. The van der Waals surface area contributed by atoms with Crippen molar-refractivity contribution in [3.8, 4) is 0 Å². The van der Waals surface area contributed by atoms with Gasteiger partial charge in [-0.25, -0.2) is 9.97 Å². The third-order valence-corrected chi connectivity index (χ3v) is 3.93. The summed E-state index contributed by atoms with van der Waals surface area (Å²) in [4.78, 5) is 22.9. The lowest BCUT2D eigenvalue weighted by molar-refractivity contribution is -0.140. The van der Waals surface area contributed by atoms with Crippen LogP contribution in [0, 0.1) is 20.8 Å². The smallest absolute Gasteiger partial charge is 0.244 e. The number of hydrogen-bond donors (Lipinski definition) is 0. The van der Waals surface area contributed by atoms with Gasteiger partial charge in [0.25, 0.3) is 0 Å². The predicted molar refractivity (Wildman–Crippen MR) is 83.7 cm³/mol. The third-order valence-electron chi connectivity index (χ3n) is 3.93. The van der Waals surface area contributed by atoms with Gasteiger partial charge in [0.15, 0.2) is 0 Å². The highest BCUT2D eigenvalue weighted by atomic mass is 16.5. The molecule has 0 unspecified atom stereocenters. The lowest BCUT2D eigenvalue weighted by atomic mass is 10.2. The number of carbonyl (C=O) groups excluding carboxylic acids is 1. The van der Waals surface area contributed by atoms with E-state index in [0.29, 0.717) is 25.5 Å². The van der Waals surface area contributed by atoms with Gasteiger partial charge < -0.3 is 9.64 Å². The highest BCUT2D eigenvalue weighted by Gasteiger charge is 2.26. The van der Waals surface area contributed by atoms with E-state index in [4.69, 9.17) is 4.74 Å². The molecule has 7 nitrogen and oxygen atoms in total. The van der Waals surface area contributed by atoms with E-state index in [-0.39, 0.29) is 18.6 Å². The minimum atomic E-state index is -0.199. The van der Waals surface area contributed by atoms with E-state index in [9.17, 15) is 4.79 Å². The molecule has 0 aromatic carbocycles. The number of rotatable bonds is 3. The Balaban J connectivity index is 1.68. The quantitative estimate of drug-likeness (QED) is 0.851. The van der Waals surface area contributed by atoms with Crippen LogP contribution in [-0.4, -0.2) is 50.3 Å². The Morgan fingerprint density at radius 2 is 2.22 bits per heavy atom. The Hall–Kier alpha value is -2.28. The number of amides is 1. The van der Waals surface area contributed by atoms with E-state index in [1.165, 1.54) is 0 Å². The summed E-state index contributed by atoms with van der Waals surface area (Å²) in [6, 6.07) is 3.81. The molecule has 0 radical (unpaired) electrons. The van der Waals surface area contributed by atoms with Crippen LogP contribution < -0.4 is 0 Å². The number of carbonyl (C=O) groups is 1. The monoisotopic (exact) mass is 315 g/mol. The lowest BCUT2D eigenvalue weighted by Crippen LogP contribution is -2.44. The van der Waals surface area contributed by atoms with Crippen molar-refractivity contribution in [2.24, 2.45) is 0 Å². The summed E-state index contributed by atoms with van der Waals surface area (Å²) in [7, 11) is 0. The maximum Gasteiger partial charge on any atom is 0.244 e. The van der Waals surface area contributed by atoms with Gasteiger partial charge in [0, 0.05) is 18.4 Å². The molecule has 0 N–H and O–H groups in total. The average Bonchev–Trinajstić information content (AvgIpc) is 2.85. The summed E-state index contributed by atoms with van der Waals surface area (Å²) >= 11 is 0. The van der Waals surface area contributed by atoms with Gasteiger partial charge in [-0.3, -0.25) is 9.48 Å². The van der Waals surface area contributed by atoms with Crippen LogP contribution in [0.15, 0.2) is 18.3 Å². The number of morpholine rings is 1.